The van der Waals surface area contributed by atoms with E-state index in [1.807, 2.05) is 0 Å². The molecule has 10 heavy (non-hydrogen) atoms. The minimum atomic E-state index is 0.539. The van der Waals surface area contributed by atoms with Crippen molar-refractivity contribution in [3.05, 3.63) is 0 Å². The Hall–Kier alpha value is -0.310. The first-order valence-electron chi connectivity index (χ1n) is 3.69. The Morgan fingerprint density at radius 1 is 1.60 bits per heavy atom. The summed E-state index contributed by atoms with van der Waals surface area (Å²) in [5.41, 5.74) is 5.51. The van der Waals surface area contributed by atoms with E-state index in [9.17, 15) is 0 Å². The number of nitrogens with zero attached hydrogens (tertiary/aromatic N) is 1. The molecule has 2 unspecified atom stereocenters. The van der Waals surface area contributed by atoms with E-state index in [-0.39, 0.29) is 0 Å². The summed E-state index contributed by atoms with van der Waals surface area (Å²) in [6.45, 7) is 5.46. The first kappa shape index (κ1) is 7.79. The molecule has 1 fully saturated rings. The quantitative estimate of drug-likeness (QED) is 0.532. The van der Waals surface area contributed by atoms with Gasteiger partial charge in [-0.1, -0.05) is 6.92 Å². The molecule has 3 heteroatoms. The van der Waals surface area contributed by atoms with Crippen LogP contribution in [0.2, 0.25) is 0 Å². The second-order valence-corrected chi connectivity index (χ2v) is 3.46. The fourth-order valence-corrected chi connectivity index (χ4v) is 1.66. The van der Waals surface area contributed by atoms with Gasteiger partial charge in [-0.05, 0) is 31.5 Å². The predicted octanol–water partition coefficient (Wildman–Crippen LogP) is 0.960. The highest BCUT2D eigenvalue weighted by molar-refractivity contribution is 7.80. The number of nitrogens with two attached hydrogens (primary N) is 1. The van der Waals surface area contributed by atoms with Crippen molar-refractivity contribution in [2.24, 2.45) is 11.7 Å². The van der Waals surface area contributed by atoms with E-state index in [1.54, 1.807) is 0 Å². The highest BCUT2D eigenvalue weighted by Crippen LogP contribution is 2.22. The molecule has 1 heterocycles. The van der Waals surface area contributed by atoms with Crippen LogP contribution in [-0.2, 0) is 0 Å². The van der Waals surface area contributed by atoms with Crippen molar-refractivity contribution in [1.82, 2.24) is 4.90 Å². The van der Waals surface area contributed by atoms with Crippen molar-refractivity contribution in [2.75, 3.05) is 6.54 Å². The Morgan fingerprint density at radius 2 is 2.20 bits per heavy atom. The van der Waals surface area contributed by atoms with Crippen LogP contribution in [0.3, 0.4) is 0 Å². The molecule has 1 aliphatic rings. The fraction of sp³-hybridized carbons (Fsp3) is 0.857. The van der Waals surface area contributed by atoms with Gasteiger partial charge in [-0.25, -0.2) is 0 Å². The molecule has 2 N–H and O–H groups in total. The summed E-state index contributed by atoms with van der Waals surface area (Å²) < 4.78 is 0. The van der Waals surface area contributed by atoms with Gasteiger partial charge in [-0.2, -0.15) is 0 Å². The molecule has 0 saturated carbocycles. The maximum atomic E-state index is 5.51. The SMILES string of the molecule is CC1CCN(C(N)=S)C1C. The van der Waals surface area contributed by atoms with Crippen molar-refractivity contribution in [1.29, 1.82) is 0 Å². The van der Waals surface area contributed by atoms with E-state index in [0.29, 0.717) is 11.2 Å². The van der Waals surface area contributed by atoms with E-state index in [1.165, 1.54) is 6.42 Å². The maximum absolute atomic E-state index is 5.51. The average Bonchev–Trinajstić information content (AvgIpc) is 2.14. The van der Waals surface area contributed by atoms with E-state index in [0.717, 1.165) is 12.5 Å². The third-order valence-corrected chi connectivity index (χ3v) is 2.66. The summed E-state index contributed by atoms with van der Waals surface area (Å²) in [5.74, 6) is 0.737. The lowest BCUT2D eigenvalue weighted by molar-refractivity contribution is 0.373. The molecular formula is C7H14N2S. The van der Waals surface area contributed by atoms with E-state index >= 15 is 0 Å². The van der Waals surface area contributed by atoms with Gasteiger partial charge in [0.1, 0.15) is 0 Å². The zero-order valence-electron chi connectivity index (χ0n) is 6.50. The monoisotopic (exact) mass is 158 g/mol. The largest absolute Gasteiger partial charge is 0.376 e. The van der Waals surface area contributed by atoms with Crippen LogP contribution in [0, 0.1) is 5.92 Å². The van der Waals surface area contributed by atoms with Gasteiger partial charge in [-0.3, -0.25) is 0 Å². The van der Waals surface area contributed by atoms with Crippen molar-refractivity contribution in [3.63, 3.8) is 0 Å². The molecule has 58 valence electrons. The number of thiocarbonyl (C=S) groups is 1. The summed E-state index contributed by atoms with van der Waals surface area (Å²) >= 11 is 4.89. The lowest BCUT2D eigenvalue weighted by atomic mass is 10.1. The summed E-state index contributed by atoms with van der Waals surface area (Å²) in [6, 6.07) is 0.539. The molecule has 0 aromatic carbocycles. The lowest BCUT2D eigenvalue weighted by Gasteiger charge is -2.22. The van der Waals surface area contributed by atoms with Gasteiger partial charge in [-0.15, -0.1) is 0 Å². The number of rotatable bonds is 0. The van der Waals surface area contributed by atoms with Crippen molar-refractivity contribution in [2.45, 2.75) is 26.3 Å². The van der Waals surface area contributed by atoms with Crippen molar-refractivity contribution >= 4 is 17.3 Å². The number of hydrogen-bond donors (Lipinski definition) is 1. The molecule has 0 aromatic heterocycles. The number of likely N-dealkylation sites (tertiary alicyclic amines) is 1. The Morgan fingerprint density at radius 3 is 2.40 bits per heavy atom. The molecule has 0 radical (unpaired) electrons. The Balaban J connectivity index is 2.57. The third kappa shape index (κ3) is 1.24. The Labute approximate surface area is 67.4 Å². The first-order valence-corrected chi connectivity index (χ1v) is 4.10. The molecule has 2 atom stereocenters. The molecule has 0 spiro atoms. The summed E-state index contributed by atoms with van der Waals surface area (Å²) in [7, 11) is 0. The molecule has 1 saturated heterocycles. The van der Waals surface area contributed by atoms with Crippen LogP contribution >= 0.6 is 12.2 Å². The van der Waals surface area contributed by atoms with Crippen LogP contribution in [0.1, 0.15) is 20.3 Å². The second-order valence-electron chi connectivity index (χ2n) is 3.04. The summed E-state index contributed by atoms with van der Waals surface area (Å²) in [6.07, 6.45) is 1.22. The number of hydrogen-bond acceptors (Lipinski definition) is 1. The molecule has 0 aromatic rings. The average molecular weight is 158 g/mol. The smallest absolute Gasteiger partial charge is 0.166 e. The van der Waals surface area contributed by atoms with Gasteiger partial charge in [0.15, 0.2) is 5.11 Å². The van der Waals surface area contributed by atoms with E-state index in [2.05, 4.69) is 18.7 Å². The van der Waals surface area contributed by atoms with Crippen LogP contribution in [-0.4, -0.2) is 22.6 Å². The van der Waals surface area contributed by atoms with Gasteiger partial charge < -0.3 is 10.6 Å². The van der Waals surface area contributed by atoms with Crippen molar-refractivity contribution in [3.8, 4) is 0 Å². The third-order valence-electron chi connectivity index (χ3n) is 2.42. The maximum Gasteiger partial charge on any atom is 0.166 e. The highest BCUT2D eigenvalue weighted by Gasteiger charge is 2.27. The van der Waals surface area contributed by atoms with Crippen LogP contribution in [0.15, 0.2) is 0 Å². The second kappa shape index (κ2) is 2.74. The molecule has 0 aliphatic carbocycles. The Bertz CT molecular complexity index is 147. The summed E-state index contributed by atoms with van der Waals surface area (Å²) in [5, 5.41) is 0.553. The molecule has 2 nitrogen and oxygen atoms in total. The Kier molecular flexibility index (Phi) is 2.14. The zero-order valence-corrected chi connectivity index (χ0v) is 7.32. The van der Waals surface area contributed by atoms with Gasteiger partial charge in [0.05, 0.1) is 0 Å². The van der Waals surface area contributed by atoms with Crippen molar-refractivity contribution < 1.29 is 0 Å². The van der Waals surface area contributed by atoms with Gasteiger partial charge in [0.2, 0.25) is 0 Å². The van der Waals surface area contributed by atoms with Gasteiger partial charge >= 0.3 is 0 Å². The molecular weight excluding hydrogens is 144 g/mol. The van der Waals surface area contributed by atoms with Gasteiger partial charge in [0.25, 0.3) is 0 Å². The van der Waals surface area contributed by atoms with E-state index in [4.69, 9.17) is 18.0 Å². The van der Waals surface area contributed by atoms with E-state index < -0.39 is 0 Å². The minimum absolute atomic E-state index is 0.539. The van der Waals surface area contributed by atoms with Gasteiger partial charge in [0, 0.05) is 12.6 Å². The molecule has 0 bridgehead atoms. The normalized spacial score (nSPS) is 32.8. The van der Waals surface area contributed by atoms with Crippen LogP contribution in [0.25, 0.3) is 0 Å². The highest BCUT2D eigenvalue weighted by atomic mass is 32.1. The fourth-order valence-electron chi connectivity index (χ4n) is 1.41. The van der Waals surface area contributed by atoms with Crippen LogP contribution < -0.4 is 5.73 Å². The predicted molar refractivity (Wildman–Crippen MR) is 46.7 cm³/mol. The zero-order chi connectivity index (χ0) is 7.72. The topological polar surface area (TPSA) is 29.3 Å². The molecule has 0 amide bonds. The van der Waals surface area contributed by atoms with Crippen LogP contribution in [0.4, 0.5) is 0 Å². The molecule has 1 aliphatic heterocycles. The molecule has 1 rings (SSSR count). The standard InChI is InChI=1S/C7H14N2S/c1-5-3-4-9(6(5)2)7(8)10/h5-6H,3-4H2,1-2H3,(H2,8,10). The van der Waals surface area contributed by atoms with Crippen LogP contribution in [0.5, 0.6) is 0 Å². The first-order chi connectivity index (χ1) is 4.63. The minimum Gasteiger partial charge on any atom is -0.376 e. The summed E-state index contributed by atoms with van der Waals surface area (Å²) in [4.78, 5) is 2.10. The lowest BCUT2D eigenvalue weighted by Crippen LogP contribution is -2.38.